The van der Waals surface area contributed by atoms with Gasteiger partial charge in [-0.25, -0.2) is 9.82 Å². The Morgan fingerprint density at radius 1 is 1.60 bits per heavy atom. The summed E-state index contributed by atoms with van der Waals surface area (Å²) < 4.78 is 12.8. The minimum atomic E-state index is -0.430. The van der Waals surface area contributed by atoms with Crippen LogP contribution in [-0.2, 0) is 0 Å². The summed E-state index contributed by atoms with van der Waals surface area (Å²) in [6, 6.07) is 5.48. The molecule has 0 fully saturated rings. The smallest absolute Gasteiger partial charge is 0.267 e. The Morgan fingerprint density at radius 3 is 3.07 bits per heavy atom. The van der Waals surface area contributed by atoms with Crippen molar-refractivity contribution < 1.29 is 9.18 Å². The van der Waals surface area contributed by atoms with Crippen molar-refractivity contribution in [1.82, 2.24) is 5.43 Å². The fourth-order valence-electron chi connectivity index (χ4n) is 0.992. The van der Waals surface area contributed by atoms with E-state index in [4.69, 9.17) is 0 Å². The van der Waals surface area contributed by atoms with Gasteiger partial charge >= 0.3 is 0 Å². The third kappa shape index (κ3) is 3.89. The Morgan fingerprint density at radius 2 is 2.40 bits per heavy atom. The van der Waals surface area contributed by atoms with E-state index < -0.39 is 11.7 Å². The van der Waals surface area contributed by atoms with Crippen LogP contribution in [0.4, 0.5) is 4.39 Å². The van der Waals surface area contributed by atoms with Crippen LogP contribution >= 0.6 is 0 Å². The van der Waals surface area contributed by atoms with E-state index in [9.17, 15) is 9.18 Å². The van der Waals surface area contributed by atoms with Gasteiger partial charge in [-0.2, -0.15) is 5.10 Å². The molecular weight excluding hydrogens is 195 g/mol. The summed E-state index contributed by atoms with van der Waals surface area (Å²) in [5, 5.41) is 3.72. The monoisotopic (exact) mass is 208 g/mol. The molecule has 0 saturated heterocycles. The Labute approximate surface area is 88.0 Å². The summed E-state index contributed by atoms with van der Waals surface area (Å²) >= 11 is 0. The Balaban J connectivity index is 2.54. The Hall–Kier alpha value is -1.71. The number of carbonyl (C=O) groups excluding carboxylic acids is 1. The summed E-state index contributed by atoms with van der Waals surface area (Å²) in [7, 11) is 0. The summed E-state index contributed by atoms with van der Waals surface area (Å²) in [4.78, 5) is 11.4. The first kappa shape index (κ1) is 11.4. The van der Waals surface area contributed by atoms with Crippen molar-refractivity contribution in [2.75, 3.05) is 0 Å². The van der Waals surface area contributed by atoms with Gasteiger partial charge in [-0.3, -0.25) is 4.79 Å². The number of hydrogen-bond acceptors (Lipinski definition) is 2. The van der Waals surface area contributed by atoms with Gasteiger partial charge in [-0.15, -0.1) is 0 Å². The molecule has 0 unspecified atom stereocenters. The first-order valence-corrected chi connectivity index (χ1v) is 4.81. The molecule has 0 aromatic heterocycles. The van der Waals surface area contributed by atoms with Crippen molar-refractivity contribution in [3.05, 3.63) is 35.6 Å². The number of hydrazone groups is 1. The van der Waals surface area contributed by atoms with Crippen molar-refractivity contribution in [2.24, 2.45) is 5.10 Å². The molecular formula is C11H13FN2O. The highest BCUT2D eigenvalue weighted by molar-refractivity contribution is 5.94. The average molecular weight is 208 g/mol. The van der Waals surface area contributed by atoms with Crippen LogP contribution in [0, 0.1) is 5.82 Å². The van der Waals surface area contributed by atoms with Gasteiger partial charge in [0, 0.05) is 11.8 Å². The normalized spacial score (nSPS) is 10.5. The Bertz CT molecular complexity index is 363. The third-order valence-electron chi connectivity index (χ3n) is 1.76. The van der Waals surface area contributed by atoms with Crippen LogP contribution in [0.5, 0.6) is 0 Å². The molecule has 0 aliphatic rings. The van der Waals surface area contributed by atoms with Gasteiger partial charge in [-0.1, -0.05) is 19.4 Å². The summed E-state index contributed by atoms with van der Waals surface area (Å²) in [5.41, 5.74) is 2.59. The van der Waals surface area contributed by atoms with Gasteiger partial charge in [0.1, 0.15) is 5.82 Å². The Kier molecular flexibility index (Phi) is 4.47. The van der Waals surface area contributed by atoms with E-state index in [2.05, 4.69) is 10.5 Å². The number of unbranched alkanes of at least 4 members (excludes halogenated alkanes) is 1. The lowest BCUT2D eigenvalue weighted by molar-refractivity contribution is 0.0954. The number of amides is 1. The van der Waals surface area contributed by atoms with Gasteiger partial charge in [0.25, 0.3) is 5.91 Å². The van der Waals surface area contributed by atoms with Crippen LogP contribution in [0.3, 0.4) is 0 Å². The lowest BCUT2D eigenvalue weighted by atomic mass is 10.2. The second-order valence-corrected chi connectivity index (χ2v) is 3.05. The van der Waals surface area contributed by atoms with Gasteiger partial charge < -0.3 is 0 Å². The number of halogens is 1. The fraction of sp³-hybridized carbons (Fsp3) is 0.273. The van der Waals surface area contributed by atoms with Crippen LogP contribution < -0.4 is 5.43 Å². The van der Waals surface area contributed by atoms with Crippen molar-refractivity contribution in [2.45, 2.75) is 19.8 Å². The second-order valence-electron chi connectivity index (χ2n) is 3.05. The number of rotatable bonds is 4. The molecule has 3 nitrogen and oxygen atoms in total. The van der Waals surface area contributed by atoms with Crippen molar-refractivity contribution in [1.29, 1.82) is 0 Å². The molecule has 80 valence electrons. The fourth-order valence-corrected chi connectivity index (χ4v) is 0.992. The minimum absolute atomic E-state index is 0.267. The van der Waals surface area contributed by atoms with Crippen LogP contribution in [-0.4, -0.2) is 12.1 Å². The standard InChI is InChI=1S/C11H13FN2O/c1-2-3-7-13-14-11(15)9-5-4-6-10(12)8-9/h4-8H,2-3H2,1H3,(H,14,15). The van der Waals surface area contributed by atoms with E-state index in [-0.39, 0.29) is 5.56 Å². The number of nitrogens with zero attached hydrogens (tertiary/aromatic N) is 1. The quantitative estimate of drug-likeness (QED) is 0.598. The highest BCUT2D eigenvalue weighted by atomic mass is 19.1. The van der Waals surface area contributed by atoms with Crippen molar-refractivity contribution >= 4 is 12.1 Å². The molecule has 1 aromatic rings. The maximum absolute atomic E-state index is 12.8. The summed E-state index contributed by atoms with van der Waals surface area (Å²) in [6.07, 6.45) is 3.40. The van der Waals surface area contributed by atoms with Crippen molar-refractivity contribution in [3.63, 3.8) is 0 Å². The maximum Gasteiger partial charge on any atom is 0.271 e. The minimum Gasteiger partial charge on any atom is -0.267 e. The highest BCUT2D eigenvalue weighted by Gasteiger charge is 2.03. The van der Waals surface area contributed by atoms with E-state index >= 15 is 0 Å². The predicted molar refractivity (Wildman–Crippen MR) is 57.3 cm³/mol. The van der Waals surface area contributed by atoms with Crippen molar-refractivity contribution in [3.8, 4) is 0 Å². The molecule has 1 rings (SSSR count). The van der Waals surface area contributed by atoms with Gasteiger partial charge in [0.15, 0.2) is 0 Å². The van der Waals surface area contributed by atoms with Crippen LogP contribution in [0.1, 0.15) is 30.1 Å². The van der Waals surface area contributed by atoms with E-state index in [0.29, 0.717) is 0 Å². The second kappa shape index (κ2) is 5.90. The van der Waals surface area contributed by atoms with E-state index in [1.165, 1.54) is 24.3 Å². The predicted octanol–water partition coefficient (Wildman–Crippen LogP) is 2.34. The molecule has 0 aliphatic carbocycles. The number of benzene rings is 1. The molecule has 0 aliphatic heterocycles. The van der Waals surface area contributed by atoms with Gasteiger partial charge in [0.2, 0.25) is 0 Å². The van der Waals surface area contributed by atoms with Crippen LogP contribution in [0.2, 0.25) is 0 Å². The number of hydrogen-bond donors (Lipinski definition) is 1. The largest absolute Gasteiger partial charge is 0.271 e. The molecule has 0 atom stereocenters. The van der Waals surface area contributed by atoms with Crippen LogP contribution in [0.25, 0.3) is 0 Å². The summed E-state index contributed by atoms with van der Waals surface area (Å²) in [5.74, 6) is -0.831. The lowest BCUT2D eigenvalue weighted by Crippen LogP contribution is -2.17. The molecule has 0 heterocycles. The first-order valence-electron chi connectivity index (χ1n) is 4.81. The van der Waals surface area contributed by atoms with Gasteiger partial charge in [0.05, 0.1) is 0 Å². The van der Waals surface area contributed by atoms with Crippen LogP contribution in [0.15, 0.2) is 29.4 Å². The molecule has 0 bridgehead atoms. The molecule has 1 N–H and O–H groups in total. The maximum atomic E-state index is 12.8. The molecule has 1 amide bonds. The SMILES string of the molecule is CCCC=NNC(=O)c1cccc(F)c1. The average Bonchev–Trinajstić information content (AvgIpc) is 2.24. The molecule has 1 aromatic carbocycles. The number of nitrogens with one attached hydrogen (secondary N) is 1. The zero-order valence-electron chi connectivity index (χ0n) is 8.53. The molecule has 0 saturated carbocycles. The zero-order valence-corrected chi connectivity index (χ0v) is 8.53. The zero-order chi connectivity index (χ0) is 11.1. The third-order valence-corrected chi connectivity index (χ3v) is 1.76. The molecule has 15 heavy (non-hydrogen) atoms. The molecule has 0 spiro atoms. The molecule has 4 heteroatoms. The lowest BCUT2D eigenvalue weighted by Gasteiger charge is -1.98. The van der Waals surface area contributed by atoms with Gasteiger partial charge in [-0.05, 0) is 24.6 Å². The topological polar surface area (TPSA) is 41.5 Å². The highest BCUT2D eigenvalue weighted by Crippen LogP contribution is 2.02. The summed E-state index contributed by atoms with van der Waals surface area (Å²) in [6.45, 7) is 2.01. The molecule has 0 radical (unpaired) electrons. The van der Waals surface area contributed by atoms with E-state index in [1.54, 1.807) is 6.21 Å². The first-order chi connectivity index (χ1) is 7.24. The number of carbonyl (C=O) groups is 1. The van der Waals surface area contributed by atoms with E-state index in [0.717, 1.165) is 12.8 Å². The van der Waals surface area contributed by atoms with E-state index in [1.807, 2.05) is 6.92 Å².